The van der Waals surface area contributed by atoms with Crippen LogP contribution in [-0.4, -0.2) is 45.6 Å². The van der Waals surface area contributed by atoms with Crippen molar-refractivity contribution in [1.29, 1.82) is 0 Å². The first-order valence-electron chi connectivity index (χ1n) is 12.1. The second kappa shape index (κ2) is 9.45. The fraction of sp³-hybridized carbons (Fsp3) is 0.240. The molecule has 4 aromatic heterocycles. The molecule has 0 unspecified atom stereocenters. The molecule has 1 aromatic carbocycles. The third kappa shape index (κ3) is 4.32. The summed E-state index contributed by atoms with van der Waals surface area (Å²) in [6.07, 6.45) is 5.53. The molecule has 0 atom stereocenters. The first-order valence-corrected chi connectivity index (χ1v) is 12.1. The van der Waals surface area contributed by atoms with Gasteiger partial charge in [-0.2, -0.15) is 4.98 Å². The number of amides is 1. The van der Waals surface area contributed by atoms with Crippen molar-refractivity contribution in [3.05, 3.63) is 93.0 Å². The van der Waals surface area contributed by atoms with Gasteiger partial charge in [-0.25, -0.2) is 37.0 Å². The van der Waals surface area contributed by atoms with Crippen LogP contribution in [0.15, 0.2) is 58.5 Å². The third-order valence-electron chi connectivity index (χ3n) is 6.77. The van der Waals surface area contributed by atoms with Gasteiger partial charge in [0.25, 0.3) is 17.2 Å². The predicted molar refractivity (Wildman–Crippen MR) is 131 cm³/mol. The molecule has 0 saturated heterocycles. The summed E-state index contributed by atoms with van der Waals surface area (Å²) in [7, 11) is 0. The molecule has 14 heteroatoms. The highest BCUT2D eigenvalue weighted by atomic mass is 19.2. The molecule has 1 amide bonds. The Morgan fingerprint density at radius 3 is 2.54 bits per heavy atom. The lowest BCUT2D eigenvalue weighted by atomic mass is 9.91. The third-order valence-corrected chi connectivity index (χ3v) is 6.77. The smallest absolute Gasteiger partial charge is 0.337 e. The first-order chi connectivity index (χ1) is 18.8. The number of aromatic nitrogens is 7. The van der Waals surface area contributed by atoms with Crippen LogP contribution >= 0.6 is 0 Å². The summed E-state index contributed by atoms with van der Waals surface area (Å²) in [5.74, 6) is -3.33. The molecule has 1 fully saturated rings. The SMILES string of the molecule is O=C(NC1CCC(n2c(=O)c3cc(F)cnc3n(-c3ccc(F)c(F)c3)c2=O)CC1)c1nc2ncccn2n1. The van der Waals surface area contributed by atoms with E-state index in [0.29, 0.717) is 25.7 Å². The Hall–Kier alpha value is -4.88. The second-order valence-corrected chi connectivity index (χ2v) is 9.19. The quantitative estimate of drug-likeness (QED) is 0.373. The van der Waals surface area contributed by atoms with Crippen molar-refractivity contribution < 1.29 is 18.0 Å². The second-order valence-electron chi connectivity index (χ2n) is 9.19. The molecule has 198 valence electrons. The number of benzene rings is 1. The highest BCUT2D eigenvalue weighted by molar-refractivity contribution is 5.91. The molecule has 11 nitrogen and oxygen atoms in total. The number of hydrogen-bond acceptors (Lipinski definition) is 7. The summed E-state index contributed by atoms with van der Waals surface area (Å²) >= 11 is 0. The van der Waals surface area contributed by atoms with Gasteiger partial charge in [-0.1, -0.05) is 0 Å². The normalized spacial score (nSPS) is 17.5. The lowest BCUT2D eigenvalue weighted by Gasteiger charge is -2.30. The van der Waals surface area contributed by atoms with Crippen molar-refractivity contribution in [2.75, 3.05) is 0 Å². The predicted octanol–water partition coefficient (Wildman–Crippen LogP) is 2.32. The largest absolute Gasteiger partial charge is 0.347 e. The molecule has 1 aliphatic rings. The van der Waals surface area contributed by atoms with Crippen LogP contribution in [0.1, 0.15) is 42.3 Å². The number of pyridine rings is 1. The zero-order chi connectivity index (χ0) is 27.3. The van der Waals surface area contributed by atoms with Crippen LogP contribution in [0.2, 0.25) is 0 Å². The number of hydrogen-bond donors (Lipinski definition) is 1. The molecule has 0 aliphatic heterocycles. The van der Waals surface area contributed by atoms with Crippen LogP contribution in [0.3, 0.4) is 0 Å². The van der Waals surface area contributed by atoms with Gasteiger partial charge in [-0.15, -0.1) is 5.10 Å². The maximum absolute atomic E-state index is 14.1. The Morgan fingerprint density at radius 1 is 1.00 bits per heavy atom. The van der Waals surface area contributed by atoms with E-state index in [0.717, 1.165) is 33.5 Å². The van der Waals surface area contributed by atoms with E-state index in [9.17, 15) is 27.6 Å². The van der Waals surface area contributed by atoms with Gasteiger partial charge in [-0.05, 0) is 49.9 Å². The Labute approximate surface area is 216 Å². The maximum Gasteiger partial charge on any atom is 0.337 e. The average Bonchev–Trinajstić information content (AvgIpc) is 3.37. The van der Waals surface area contributed by atoms with Crippen LogP contribution < -0.4 is 16.6 Å². The molecule has 39 heavy (non-hydrogen) atoms. The van der Waals surface area contributed by atoms with Crippen molar-refractivity contribution >= 4 is 22.7 Å². The van der Waals surface area contributed by atoms with Crippen molar-refractivity contribution in [2.45, 2.75) is 37.8 Å². The molecule has 0 bridgehead atoms. The molecule has 0 spiro atoms. The highest BCUT2D eigenvalue weighted by Crippen LogP contribution is 2.28. The number of nitrogens with zero attached hydrogens (tertiary/aromatic N) is 7. The van der Waals surface area contributed by atoms with E-state index in [2.05, 4.69) is 25.4 Å². The minimum atomic E-state index is -1.19. The van der Waals surface area contributed by atoms with Gasteiger partial charge in [-0.3, -0.25) is 14.2 Å². The minimum Gasteiger partial charge on any atom is -0.347 e. The standard InChI is InChI=1S/C25H19F3N8O3/c26-13-10-17-21(30-12-13)35(16-6-7-18(27)19(28)11-16)25(39)36(23(17)38)15-4-2-14(3-5-15)31-22(37)20-32-24-29-8-1-9-34(24)33-20/h1,6-12,14-15H,2-5H2,(H,31,37). The number of carbonyl (C=O) groups excluding carboxylic acids is 1. The Balaban J connectivity index is 1.30. The van der Waals surface area contributed by atoms with Gasteiger partial charge < -0.3 is 5.32 Å². The van der Waals surface area contributed by atoms with E-state index in [1.807, 2.05) is 0 Å². The van der Waals surface area contributed by atoms with Crippen LogP contribution in [0, 0.1) is 17.5 Å². The summed E-state index contributed by atoms with van der Waals surface area (Å²) in [6.45, 7) is 0. The lowest BCUT2D eigenvalue weighted by molar-refractivity contribution is 0.0911. The fourth-order valence-electron chi connectivity index (χ4n) is 4.92. The van der Waals surface area contributed by atoms with Crippen LogP contribution in [-0.2, 0) is 0 Å². The van der Waals surface area contributed by atoms with Crippen molar-refractivity contribution in [3.8, 4) is 5.69 Å². The maximum atomic E-state index is 14.1. The van der Waals surface area contributed by atoms with E-state index in [1.165, 1.54) is 16.8 Å². The van der Waals surface area contributed by atoms with Crippen molar-refractivity contribution in [1.82, 2.24) is 39.0 Å². The van der Waals surface area contributed by atoms with Crippen LogP contribution in [0.5, 0.6) is 0 Å². The Morgan fingerprint density at radius 2 is 1.79 bits per heavy atom. The van der Waals surface area contributed by atoms with Crippen LogP contribution in [0.25, 0.3) is 22.5 Å². The zero-order valence-electron chi connectivity index (χ0n) is 20.1. The van der Waals surface area contributed by atoms with Crippen molar-refractivity contribution in [3.63, 3.8) is 0 Å². The molecule has 6 rings (SSSR count). The average molecular weight is 536 g/mol. The summed E-state index contributed by atoms with van der Waals surface area (Å²) in [5.41, 5.74) is -1.79. The summed E-state index contributed by atoms with van der Waals surface area (Å²) in [6, 6.07) is 4.60. The minimum absolute atomic E-state index is 0.0366. The van der Waals surface area contributed by atoms with E-state index in [-0.39, 0.29) is 34.4 Å². The monoisotopic (exact) mass is 536 g/mol. The summed E-state index contributed by atoms with van der Waals surface area (Å²) in [4.78, 5) is 51.7. The number of halogens is 3. The molecular weight excluding hydrogens is 517 g/mol. The van der Waals surface area contributed by atoms with Gasteiger partial charge in [0.05, 0.1) is 17.3 Å². The highest BCUT2D eigenvalue weighted by Gasteiger charge is 2.29. The lowest BCUT2D eigenvalue weighted by Crippen LogP contribution is -2.45. The van der Waals surface area contributed by atoms with E-state index >= 15 is 0 Å². The summed E-state index contributed by atoms with van der Waals surface area (Å²) < 4.78 is 45.0. The molecular formula is C25H19F3N8O3. The molecule has 1 N–H and O–H groups in total. The van der Waals surface area contributed by atoms with Gasteiger partial charge >= 0.3 is 5.69 Å². The zero-order valence-corrected chi connectivity index (χ0v) is 20.1. The number of rotatable bonds is 4. The fourth-order valence-corrected chi connectivity index (χ4v) is 4.92. The van der Waals surface area contributed by atoms with Gasteiger partial charge in [0.1, 0.15) is 5.82 Å². The Bertz CT molecular complexity index is 1840. The molecule has 0 radical (unpaired) electrons. The number of carbonyl (C=O) groups is 1. The van der Waals surface area contributed by atoms with Gasteiger partial charge in [0.2, 0.25) is 5.82 Å². The van der Waals surface area contributed by atoms with Gasteiger partial charge in [0.15, 0.2) is 17.3 Å². The molecule has 1 saturated carbocycles. The Kier molecular flexibility index (Phi) is 5.93. The van der Waals surface area contributed by atoms with Crippen LogP contribution in [0.4, 0.5) is 13.2 Å². The van der Waals surface area contributed by atoms with E-state index in [4.69, 9.17) is 0 Å². The van der Waals surface area contributed by atoms with E-state index in [1.54, 1.807) is 12.3 Å². The van der Waals surface area contributed by atoms with Gasteiger partial charge in [0, 0.05) is 30.5 Å². The van der Waals surface area contributed by atoms with E-state index < -0.39 is 40.6 Å². The number of nitrogens with one attached hydrogen (secondary N) is 1. The molecule has 1 aliphatic carbocycles. The molecule has 4 heterocycles. The topological polar surface area (TPSA) is 129 Å². The summed E-state index contributed by atoms with van der Waals surface area (Å²) in [5, 5.41) is 6.80. The van der Waals surface area contributed by atoms with Crippen molar-refractivity contribution in [2.24, 2.45) is 0 Å². The molecule has 5 aromatic rings. The first kappa shape index (κ1) is 24.5. The number of fused-ring (bicyclic) bond motifs is 2.